The fraction of sp³-hybridized carbons (Fsp3) is 0.0667. The van der Waals surface area contributed by atoms with Gasteiger partial charge in [0.05, 0.1) is 21.2 Å². The molecule has 0 saturated carbocycles. The average molecular weight is 398 g/mol. The molecule has 0 aliphatic carbocycles. The molecule has 1 aliphatic rings. The molecule has 134 valence electrons. The summed E-state index contributed by atoms with van der Waals surface area (Å²) in [6.45, 7) is 0.00236. The van der Waals surface area contributed by atoms with Gasteiger partial charge in [-0.2, -0.15) is 4.98 Å². The molecule has 4 rings (SSSR count). The quantitative estimate of drug-likeness (QED) is 0.721. The van der Waals surface area contributed by atoms with Crippen molar-refractivity contribution in [3.63, 3.8) is 0 Å². The van der Waals surface area contributed by atoms with E-state index in [0.29, 0.717) is 17.1 Å². The predicted octanol–water partition coefficient (Wildman–Crippen LogP) is 3.06. The molecule has 8 nitrogen and oxygen atoms in total. The lowest BCUT2D eigenvalue weighted by Crippen LogP contribution is -2.14. The van der Waals surface area contributed by atoms with E-state index >= 15 is 0 Å². The first-order valence-electron chi connectivity index (χ1n) is 7.12. The van der Waals surface area contributed by atoms with Crippen LogP contribution in [0.5, 0.6) is 11.5 Å². The van der Waals surface area contributed by atoms with Crippen LogP contribution in [0.2, 0.25) is 5.02 Å². The number of anilines is 1. The largest absolute Gasteiger partial charge is 0.454 e. The van der Waals surface area contributed by atoms with Crippen LogP contribution in [0.3, 0.4) is 0 Å². The van der Waals surface area contributed by atoms with Crippen LogP contribution in [0.15, 0.2) is 46.1 Å². The summed E-state index contributed by atoms with van der Waals surface area (Å²) < 4.78 is 56.6. The van der Waals surface area contributed by atoms with E-state index in [2.05, 4.69) is 14.9 Å². The van der Waals surface area contributed by atoms with Crippen LogP contribution in [-0.2, 0) is 10.0 Å². The van der Waals surface area contributed by atoms with Gasteiger partial charge in [0.2, 0.25) is 6.79 Å². The molecule has 3 aromatic rings. The molecule has 0 saturated heterocycles. The molecule has 0 amide bonds. The normalized spacial score (nSPS) is 13.0. The van der Waals surface area contributed by atoms with Gasteiger partial charge in [-0.05, 0) is 24.3 Å². The van der Waals surface area contributed by atoms with Gasteiger partial charge in [-0.3, -0.25) is 4.72 Å². The molecule has 0 unspecified atom stereocenters. The van der Waals surface area contributed by atoms with Crippen molar-refractivity contribution in [3.8, 4) is 23.0 Å². The number of nitrogens with zero attached hydrogens (tertiary/aromatic N) is 2. The second-order valence-corrected chi connectivity index (χ2v) is 7.27. The van der Waals surface area contributed by atoms with Gasteiger partial charge < -0.3 is 14.0 Å². The molecule has 1 aliphatic heterocycles. The summed E-state index contributed by atoms with van der Waals surface area (Å²) in [7, 11) is -4.07. The Bertz CT molecular complexity index is 1090. The summed E-state index contributed by atoms with van der Waals surface area (Å²) in [5.41, 5.74) is 0.419. The molecule has 2 aromatic carbocycles. The monoisotopic (exact) mass is 397 g/mol. The standard InChI is InChI=1S/C15H9ClFN3O5S/c16-10-3-8(1-2-11(10)17)26(21,22)20-12-5-14-13(23-7-24-14)4-9(12)15-18-6-19-25-15/h1-6,20H,7H2. The van der Waals surface area contributed by atoms with E-state index in [4.69, 9.17) is 25.6 Å². The number of hydrogen-bond donors (Lipinski definition) is 1. The van der Waals surface area contributed by atoms with E-state index in [1.165, 1.54) is 18.5 Å². The summed E-state index contributed by atoms with van der Waals surface area (Å²) >= 11 is 5.68. The highest BCUT2D eigenvalue weighted by Crippen LogP contribution is 2.41. The third kappa shape index (κ3) is 2.93. The first-order valence-corrected chi connectivity index (χ1v) is 8.99. The Morgan fingerprint density at radius 3 is 2.62 bits per heavy atom. The second kappa shape index (κ2) is 6.15. The number of nitrogens with one attached hydrogen (secondary N) is 1. The van der Waals surface area contributed by atoms with Crippen molar-refractivity contribution in [1.82, 2.24) is 10.1 Å². The molecular formula is C15H9ClFN3O5S. The minimum atomic E-state index is -4.07. The van der Waals surface area contributed by atoms with Crippen LogP contribution in [0, 0.1) is 5.82 Å². The lowest BCUT2D eigenvalue weighted by atomic mass is 10.1. The summed E-state index contributed by atoms with van der Waals surface area (Å²) in [5.74, 6) is 0.118. The van der Waals surface area contributed by atoms with E-state index < -0.39 is 15.8 Å². The minimum Gasteiger partial charge on any atom is -0.454 e. The lowest BCUT2D eigenvalue weighted by Gasteiger charge is -2.12. The number of fused-ring (bicyclic) bond motifs is 1. The van der Waals surface area contributed by atoms with Crippen LogP contribution < -0.4 is 14.2 Å². The highest BCUT2D eigenvalue weighted by molar-refractivity contribution is 7.92. The number of rotatable bonds is 4. The van der Waals surface area contributed by atoms with Crippen molar-refractivity contribution in [2.45, 2.75) is 4.90 Å². The van der Waals surface area contributed by atoms with Crippen molar-refractivity contribution >= 4 is 27.3 Å². The van der Waals surface area contributed by atoms with Crippen LogP contribution in [-0.4, -0.2) is 25.4 Å². The van der Waals surface area contributed by atoms with Gasteiger partial charge in [0, 0.05) is 6.07 Å². The molecular weight excluding hydrogens is 389 g/mol. The Balaban J connectivity index is 1.79. The summed E-state index contributed by atoms with van der Waals surface area (Å²) in [6, 6.07) is 6.03. The maximum absolute atomic E-state index is 13.3. The van der Waals surface area contributed by atoms with Crippen LogP contribution >= 0.6 is 11.6 Å². The van der Waals surface area contributed by atoms with Crippen LogP contribution in [0.4, 0.5) is 10.1 Å². The van der Waals surface area contributed by atoms with Gasteiger partial charge in [0.15, 0.2) is 17.8 Å². The number of aromatic nitrogens is 2. The smallest absolute Gasteiger partial charge is 0.261 e. The van der Waals surface area contributed by atoms with E-state index in [9.17, 15) is 12.8 Å². The Morgan fingerprint density at radius 2 is 1.92 bits per heavy atom. The fourth-order valence-electron chi connectivity index (χ4n) is 2.34. The Morgan fingerprint density at radius 1 is 1.15 bits per heavy atom. The summed E-state index contributed by atoms with van der Waals surface area (Å²) in [6.07, 6.45) is 1.18. The molecule has 1 aromatic heterocycles. The Kier molecular flexibility index (Phi) is 3.93. The van der Waals surface area contributed by atoms with Crippen molar-refractivity contribution < 1.29 is 26.8 Å². The zero-order valence-corrected chi connectivity index (χ0v) is 14.3. The van der Waals surface area contributed by atoms with Gasteiger partial charge in [-0.1, -0.05) is 16.8 Å². The molecule has 11 heteroatoms. The van der Waals surface area contributed by atoms with E-state index in [0.717, 1.165) is 18.2 Å². The van der Waals surface area contributed by atoms with Crippen LogP contribution in [0.1, 0.15) is 0 Å². The molecule has 0 spiro atoms. The van der Waals surface area contributed by atoms with E-state index in [1.807, 2.05) is 0 Å². The highest BCUT2D eigenvalue weighted by Gasteiger charge is 2.24. The molecule has 0 fully saturated rings. The van der Waals surface area contributed by atoms with Crippen molar-refractivity contribution in [1.29, 1.82) is 0 Å². The van der Waals surface area contributed by atoms with Crippen molar-refractivity contribution in [2.24, 2.45) is 0 Å². The number of benzene rings is 2. The number of ether oxygens (including phenoxy) is 2. The second-order valence-electron chi connectivity index (χ2n) is 5.18. The molecule has 26 heavy (non-hydrogen) atoms. The lowest BCUT2D eigenvalue weighted by molar-refractivity contribution is 0.174. The zero-order chi connectivity index (χ0) is 18.3. The van der Waals surface area contributed by atoms with Gasteiger partial charge in [0.25, 0.3) is 15.9 Å². The van der Waals surface area contributed by atoms with Crippen molar-refractivity contribution in [3.05, 3.63) is 47.5 Å². The highest BCUT2D eigenvalue weighted by atomic mass is 35.5. The van der Waals surface area contributed by atoms with Gasteiger partial charge in [-0.25, -0.2) is 12.8 Å². The third-order valence-corrected chi connectivity index (χ3v) is 5.20. The molecule has 0 radical (unpaired) electrons. The number of hydrogen-bond acceptors (Lipinski definition) is 7. The molecule has 1 N–H and O–H groups in total. The van der Waals surface area contributed by atoms with Gasteiger partial charge in [-0.15, -0.1) is 0 Å². The predicted molar refractivity (Wildman–Crippen MR) is 88.1 cm³/mol. The van der Waals surface area contributed by atoms with Crippen LogP contribution in [0.25, 0.3) is 11.5 Å². The van der Waals surface area contributed by atoms with Gasteiger partial charge in [0.1, 0.15) is 5.82 Å². The third-order valence-electron chi connectivity index (χ3n) is 3.55. The van der Waals surface area contributed by atoms with Crippen molar-refractivity contribution in [2.75, 3.05) is 11.5 Å². The molecule has 2 heterocycles. The fourth-order valence-corrected chi connectivity index (χ4v) is 3.68. The van der Waals surface area contributed by atoms with E-state index in [-0.39, 0.29) is 28.3 Å². The topological polar surface area (TPSA) is 104 Å². The SMILES string of the molecule is O=S(=O)(Nc1cc2c(cc1-c1ncno1)OCO2)c1ccc(F)c(Cl)c1. The molecule has 0 bridgehead atoms. The first kappa shape index (κ1) is 16.6. The zero-order valence-electron chi connectivity index (χ0n) is 12.8. The summed E-state index contributed by atoms with van der Waals surface area (Å²) in [4.78, 5) is 3.71. The number of halogens is 2. The average Bonchev–Trinajstić information content (AvgIpc) is 3.27. The maximum Gasteiger partial charge on any atom is 0.261 e. The maximum atomic E-state index is 13.3. The Labute approximate surface area is 151 Å². The Hall–Kier alpha value is -2.85. The first-order chi connectivity index (χ1) is 12.4. The van der Waals surface area contributed by atoms with E-state index in [1.54, 1.807) is 0 Å². The summed E-state index contributed by atoms with van der Waals surface area (Å²) in [5, 5.41) is 3.21. The number of sulfonamides is 1. The van der Waals surface area contributed by atoms with Gasteiger partial charge >= 0.3 is 0 Å². The minimum absolute atomic E-state index is 0.00236. The molecule has 0 atom stereocenters.